The molecule has 0 radical (unpaired) electrons. The lowest BCUT2D eigenvalue weighted by Gasteiger charge is -2.16. The molecule has 0 spiro atoms. The topological polar surface area (TPSA) is 106 Å². The standard InChI is InChI=1S/C30H26N6O2/c1-5-6-27(37)34-26-14-8-20(16-33-26)19-7-13-24-23(15-19)28-25(17-32-24)35(4)29(38)36(28)22-11-9-21(10-12-22)30(2,3)18-31/h5-17H,1-4H3,(H,33,34,37). The van der Waals surface area contributed by atoms with Crippen LogP contribution in [0.4, 0.5) is 5.82 Å². The van der Waals surface area contributed by atoms with Gasteiger partial charge in [-0.2, -0.15) is 5.26 Å². The van der Waals surface area contributed by atoms with Crippen molar-refractivity contribution in [3.05, 3.63) is 95.2 Å². The van der Waals surface area contributed by atoms with Gasteiger partial charge in [0.15, 0.2) is 0 Å². The van der Waals surface area contributed by atoms with Gasteiger partial charge in [0.25, 0.3) is 0 Å². The fourth-order valence-electron chi connectivity index (χ4n) is 4.47. The third-order valence-electron chi connectivity index (χ3n) is 6.68. The molecule has 0 fully saturated rings. The van der Waals surface area contributed by atoms with Gasteiger partial charge in [0.05, 0.1) is 39.9 Å². The highest BCUT2D eigenvalue weighted by atomic mass is 16.2. The minimum atomic E-state index is -0.632. The molecule has 0 saturated heterocycles. The molecule has 0 atom stereocenters. The third kappa shape index (κ3) is 4.24. The van der Waals surface area contributed by atoms with Gasteiger partial charge < -0.3 is 5.32 Å². The van der Waals surface area contributed by atoms with E-state index in [0.29, 0.717) is 17.0 Å². The predicted octanol–water partition coefficient (Wildman–Crippen LogP) is 5.26. The molecule has 3 heterocycles. The molecule has 0 bridgehead atoms. The van der Waals surface area contributed by atoms with Crippen LogP contribution in [0.3, 0.4) is 0 Å². The van der Waals surface area contributed by atoms with Crippen molar-refractivity contribution in [3.63, 3.8) is 0 Å². The van der Waals surface area contributed by atoms with Crippen LogP contribution in [0.25, 0.3) is 38.8 Å². The summed E-state index contributed by atoms with van der Waals surface area (Å²) in [7, 11) is 1.73. The van der Waals surface area contributed by atoms with Crippen molar-refractivity contribution >= 4 is 33.7 Å². The Morgan fingerprint density at radius 3 is 2.42 bits per heavy atom. The summed E-state index contributed by atoms with van der Waals surface area (Å²) in [4.78, 5) is 34.2. The minimum Gasteiger partial charge on any atom is -0.307 e. The zero-order valence-electron chi connectivity index (χ0n) is 21.6. The van der Waals surface area contributed by atoms with E-state index >= 15 is 0 Å². The SMILES string of the molecule is CC=CC(=O)Nc1ccc(-c2ccc3ncc4c(c3c2)n(-c2ccc(C(C)(C)C#N)cc2)c(=O)n4C)cn1. The van der Waals surface area contributed by atoms with Gasteiger partial charge in [-0.05, 0) is 74.4 Å². The average molecular weight is 503 g/mol. The second kappa shape index (κ2) is 9.45. The quantitative estimate of drug-likeness (QED) is 0.330. The number of pyridine rings is 2. The van der Waals surface area contributed by atoms with Crippen LogP contribution in [0.15, 0.2) is 83.9 Å². The molecule has 3 aromatic heterocycles. The van der Waals surface area contributed by atoms with Crippen molar-refractivity contribution in [1.82, 2.24) is 19.1 Å². The second-order valence-corrected chi connectivity index (χ2v) is 9.61. The molecule has 188 valence electrons. The normalized spacial score (nSPS) is 11.8. The number of nitrogens with one attached hydrogen (secondary N) is 1. The first kappa shape index (κ1) is 24.7. The molecule has 0 saturated carbocycles. The fourth-order valence-corrected chi connectivity index (χ4v) is 4.47. The molecule has 38 heavy (non-hydrogen) atoms. The van der Waals surface area contributed by atoms with E-state index < -0.39 is 5.41 Å². The van der Waals surface area contributed by atoms with Crippen LogP contribution in [0.2, 0.25) is 0 Å². The van der Waals surface area contributed by atoms with Crippen LogP contribution < -0.4 is 11.0 Å². The molecule has 0 unspecified atom stereocenters. The summed E-state index contributed by atoms with van der Waals surface area (Å²) < 4.78 is 3.27. The first-order chi connectivity index (χ1) is 18.2. The molecule has 8 heteroatoms. The number of aromatic nitrogens is 4. The molecule has 2 aromatic carbocycles. The number of fused-ring (bicyclic) bond motifs is 3. The highest BCUT2D eigenvalue weighted by Gasteiger charge is 2.21. The van der Waals surface area contributed by atoms with Crippen LogP contribution in [-0.4, -0.2) is 25.0 Å². The Morgan fingerprint density at radius 1 is 1.03 bits per heavy atom. The molecule has 0 aliphatic rings. The minimum absolute atomic E-state index is 0.185. The van der Waals surface area contributed by atoms with Gasteiger partial charge in [-0.25, -0.2) is 9.78 Å². The lowest BCUT2D eigenvalue weighted by Crippen LogP contribution is -2.21. The van der Waals surface area contributed by atoms with E-state index in [9.17, 15) is 14.9 Å². The number of nitriles is 1. The highest BCUT2D eigenvalue weighted by molar-refractivity contribution is 6.04. The number of carbonyl (C=O) groups excluding carboxylic acids is 1. The fraction of sp³-hybridized carbons (Fsp3) is 0.167. The van der Waals surface area contributed by atoms with Crippen LogP contribution in [0.1, 0.15) is 26.3 Å². The summed E-state index contributed by atoms with van der Waals surface area (Å²) in [5, 5.41) is 13.0. The number of hydrogen-bond acceptors (Lipinski definition) is 5. The number of aryl methyl sites for hydroxylation is 1. The Morgan fingerprint density at radius 2 is 1.76 bits per heavy atom. The number of anilines is 1. The van der Waals surface area contributed by atoms with E-state index in [-0.39, 0.29) is 11.6 Å². The number of allylic oxidation sites excluding steroid dienone is 1. The van der Waals surface area contributed by atoms with Gasteiger partial charge in [-0.3, -0.25) is 18.9 Å². The first-order valence-corrected chi connectivity index (χ1v) is 12.2. The first-order valence-electron chi connectivity index (χ1n) is 12.2. The van der Waals surface area contributed by atoms with Gasteiger partial charge in [0, 0.05) is 24.2 Å². The van der Waals surface area contributed by atoms with E-state index in [1.165, 1.54) is 6.08 Å². The molecule has 1 N–H and O–H groups in total. The largest absolute Gasteiger partial charge is 0.333 e. The number of benzene rings is 2. The molecule has 1 amide bonds. The van der Waals surface area contributed by atoms with Crippen molar-refractivity contribution in [2.75, 3.05) is 5.32 Å². The maximum atomic E-state index is 13.4. The van der Waals surface area contributed by atoms with Crippen LogP contribution in [-0.2, 0) is 17.3 Å². The summed E-state index contributed by atoms with van der Waals surface area (Å²) in [6.45, 7) is 5.51. The van der Waals surface area contributed by atoms with E-state index in [2.05, 4.69) is 21.4 Å². The molecular weight excluding hydrogens is 476 g/mol. The van der Waals surface area contributed by atoms with E-state index in [1.54, 1.807) is 47.6 Å². The second-order valence-electron chi connectivity index (χ2n) is 9.61. The number of imidazole rings is 1. The van der Waals surface area contributed by atoms with E-state index in [0.717, 1.165) is 33.1 Å². The lowest BCUT2D eigenvalue weighted by molar-refractivity contribution is -0.111. The number of hydrogen-bond donors (Lipinski definition) is 1. The number of carbonyl (C=O) groups is 1. The summed E-state index contributed by atoms with van der Waals surface area (Å²) in [5.41, 5.74) is 4.75. The zero-order valence-corrected chi connectivity index (χ0v) is 21.6. The maximum Gasteiger partial charge on any atom is 0.333 e. The molecule has 5 aromatic rings. The lowest BCUT2D eigenvalue weighted by atomic mass is 9.86. The number of nitrogens with zero attached hydrogens (tertiary/aromatic N) is 5. The molecule has 0 aliphatic heterocycles. The van der Waals surface area contributed by atoms with Crippen LogP contribution in [0, 0.1) is 11.3 Å². The van der Waals surface area contributed by atoms with Gasteiger partial charge in [-0.1, -0.05) is 24.3 Å². The Hall–Kier alpha value is -5.03. The van der Waals surface area contributed by atoms with Crippen molar-refractivity contribution < 1.29 is 4.79 Å². The van der Waals surface area contributed by atoms with Crippen molar-refractivity contribution in [2.45, 2.75) is 26.2 Å². The Labute approximate surface area is 219 Å². The molecular formula is C30H26N6O2. The van der Waals surface area contributed by atoms with Gasteiger partial charge in [-0.15, -0.1) is 0 Å². The number of rotatable bonds is 5. The molecule has 0 aliphatic carbocycles. The summed E-state index contributed by atoms with van der Waals surface area (Å²) in [6, 6.07) is 19.4. The maximum absolute atomic E-state index is 13.4. The number of amides is 1. The summed E-state index contributed by atoms with van der Waals surface area (Å²) in [6.07, 6.45) is 6.52. The van der Waals surface area contributed by atoms with Crippen molar-refractivity contribution in [2.24, 2.45) is 7.05 Å². The third-order valence-corrected chi connectivity index (χ3v) is 6.68. The Balaban J connectivity index is 1.64. The zero-order chi connectivity index (χ0) is 27.0. The molecule has 8 nitrogen and oxygen atoms in total. The monoisotopic (exact) mass is 502 g/mol. The average Bonchev–Trinajstić information content (AvgIpc) is 3.19. The van der Waals surface area contributed by atoms with Crippen molar-refractivity contribution in [3.8, 4) is 22.9 Å². The van der Waals surface area contributed by atoms with Crippen LogP contribution in [0.5, 0.6) is 0 Å². The Kier molecular flexibility index (Phi) is 6.13. The summed E-state index contributed by atoms with van der Waals surface area (Å²) >= 11 is 0. The van der Waals surface area contributed by atoms with E-state index in [4.69, 9.17) is 0 Å². The van der Waals surface area contributed by atoms with E-state index in [1.807, 2.05) is 62.4 Å². The highest BCUT2D eigenvalue weighted by Crippen LogP contribution is 2.30. The van der Waals surface area contributed by atoms with Gasteiger partial charge in [0.2, 0.25) is 5.91 Å². The summed E-state index contributed by atoms with van der Waals surface area (Å²) in [5.74, 6) is 0.222. The molecule has 5 rings (SSSR count). The van der Waals surface area contributed by atoms with Crippen molar-refractivity contribution in [1.29, 1.82) is 5.26 Å². The van der Waals surface area contributed by atoms with Gasteiger partial charge >= 0.3 is 5.69 Å². The predicted molar refractivity (Wildman–Crippen MR) is 149 cm³/mol. The smallest absolute Gasteiger partial charge is 0.307 e. The van der Waals surface area contributed by atoms with Gasteiger partial charge in [0.1, 0.15) is 5.82 Å². The Bertz CT molecular complexity index is 1820. The van der Waals surface area contributed by atoms with Crippen LogP contribution >= 0.6 is 0 Å².